The number of carbonyl (C=O) groups excluding carboxylic acids is 1. The van der Waals surface area contributed by atoms with Crippen molar-refractivity contribution in [3.63, 3.8) is 0 Å². The summed E-state index contributed by atoms with van der Waals surface area (Å²) in [5, 5.41) is 18.7. The molecule has 0 saturated carbocycles. The van der Waals surface area contributed by atoms with Crippen molar-refractivity contribution in [1.29, 1.82) is 10.5 Å². The number of carbonyl (C=O) groups is 1. The van der Waals surface area contributed by atoms with E-state index in [-0.39, 0.29) is 5.78 Å². The van der Waals surface area contributed by atoms with E-state index >= 15 is 0 Å². The third-order valence-electron chi connectivity index (χ3n) is 4.57. The summed E-state index contributed by atoms with van der Waals surface area (Å²) in [4.78, 5) is 15.3. The number of para-hydroxylation sites is 1. The van der Waals surface area contributed by atoms with Crippen LogP contribution in [-0.4, -0.2) is 32.0 Å². The monoisotopic (exact) mass is 348 g/mol. The van der Waals surface area contributed by atoms with Crippen LogP contribution in [0.15, 0.2) is 36.4 Å². The fourth-order valence-electron chi connectivity index (χ4n) is 3.22. The molecule has 6 heteroatoms. The smallest absolute Gasteiger partial charge is 0.159 e. The summed E-state index contributed by atoms with van der Waals surface area (Å²) in [6, 6.07) is 13.9. The molecule has 1 aliphatic rings. The average molecular weight is 348 g/mol. The number of halogens is 1. The Morgan fingerprint density at radius 3 is 2.08 bits per heavy atom. The molecule has 2 aromatic carbocycles. The molecule has 0 spiro atoms. The van der Waals surface area contributed by atoms with Gasteiger partial charge in [0, 0.05) is 31.7 Å². The van der Waals surface area contributed by atoms with Crippen molar-refractivity contribution in [2.24, 2.45) is 0 Å². The molecule has 0 N–H and O–H groups in total. The summed E-state index contributed by atoms with van der Waals surface area (Å²) in [5.41, 5.74) is 2.39. The zero-order valence-electron chi connectivity index (χ0n) is 14.4. The fraction of sp³-hybridized carbons (Fsp3) is 0.250. The second-order valence-corrected chi connectivity index (χ2v) is 6.12. The van der Waals surface area contributed by atoms with Gasteiger partial charge in [-0.15, -0.1) is 0 Å². The summed E-state index contributed by atoms with van der Waals surface area (Å²) in [5.74, 6) is -0.585. The molecule has 0 radical (unpaired) electrons. The van der Waals surface area contributed by atoms with E-state index in [1.54, 1.807) is 30.3 Å². The Bertz CT molecular complexity index is 902. The molecule has 1 fully saturated rings. The van der Waals surface area contributed by atoms with Crippen molar-refractivity contribution in [3.05, 3.63) is 58.9 Å². The Morgan fingerprint density at radius 2 is 1.58 bits per heavy atom. The zero-order valence-corrected chi connectivity index (χ0v) is 14.4. The van der Waals surface area contributed by atoms with Crippen LogP contribution in [0, 0.1) is 28.5 Å². The quantitative estimate of drug-likeness (QED) is 0.797. The number of nitriles is 2. The minimum atomic E-state index is -0.415. The van der Waals surface area contributed by atoms with Gasteiger partial charge in [0.1, 0.15) is 18.0 Å². The van der Waals surface area contributed by atoms with Crippen LogP contribution in [-0.2, 0) is 0 Å². The number of rotatable bonds is 3. The van der Waals surface area contributed by atoms with Crippen LogP contribution < -0.4 is 9.80 Å². The second kappa shape index (κ2) is 7.25. The maximum absolute atomic E-state index is 14.4. The van der Waals surface area contributed by atoms with Crippen LogP contribution in [0.2, 0.25) is 0 Å². The highest BCUT2D eigenvalue weighted by Crippen LogP contribution is 2.28. The molecule has 0 aromatic heterocycles. The summed E-state index contributed by atoms with van der Waals surface area (Å²) in [6.07, 6.45) is 0. The lowest BCUT2D eigenvalue weighted by Crippen LogP contribution is -2.47. The highest BCUT2D eigenvalue weighted by Gasteiger charge is 2.23. The number of benzene rings is 2. The minimum absolute atomic E-state index is 0.169. The van der Waals surface area contributed by atoms with Crippen molar-refractivity contribution in [2.45, 2.75) is 6.92 Å². The molecular weight excluding hydrogens is 331 g/mol. The Kier molecular flexibility index (Phi) is 4.86. The molecule has 1 saturated heterocycles. The predicted molar refractivity (Wildman–Crippen MR) is 96.7 cm³/mol. The van der Waals surface area contributed by atoms with Gasteiger partial charge in [-0.1, -0.05) is 6.07 Å². The first-order chi connectivity index (χ1) is 12.5. The van der Waals surface area contributed by atoms with E-state index in [2.05, 4.69) is 12.1 Å². The highest BCUT2D eigenvalue weighted by atomic mass is 19.1. The van der Waals surface area contributed by atoms with E-state index in [1.807, 2.05) is 9.80 Å². The lowest BCUT2D eigenvalue weighted by atomic mass is 10.1. The standard InChI is InChI=1S/C20H17FN4O/c1-14(26)15-5-6-19(18(21)11-15)24-7-9-25(10-8-24)20-16(12-22)3-2-4-17(20)13-23/h2-6,11H,7-10H2,1H3. The second-order valence-electron chi connectivity index (χ2n) is 6.12. The van der Waals surface area contributed by atoms with E-state index in [0.717, 1.165) is 0 Å². The Morgan fingerprint density at radius 1 is 1.00 bits per heavy atom. The maximum Gasteiger partial charge on any atom is 0.159 e. The number of ketones is 1. The first-order valence-electron chi connectivity index (χ1n) is 8.28. The van der Waals surface area contributed by atoms with Gasteiger partial charge in [-0.2, -0.15) is 10.5 Å². The molecule has 1 aliphatic heterocycles. The lowest BCUT2D eigenvalue weighted by molar-refractivity contribution is 0.101. The molecule has 0 amide bonds. The van der Waals surface area contributed by atoms with Gasteiger partial charge in [0.15, 0.2) is 5.78 Å². The highest BCUT2D eigenvalue weighted by molar-refractivity contribution is 5.94. The largest absolute Gasteiger partial charge is 0.366 e. The molecule has 2 aromatic rings. The average Bonchev–Trinajstić information content (AvgIpc) is 2.67. The van der Waals surface area contributed by atoms with Crippen molar-refractivity contribution in [3.8, 4) is 12.1 Å². The van der Waals surface area contributed by atoms with E-state index in [4.69, 9.17) is 0 Å². The van der Waals surface area contributed by atoms with Crippen LogP contribution in [0.4, 0.5) is 15.8 Å². The summed E-state index contributed by atoms with van der Waals surface area (Å²) >= 11 is 0. The Labute approximate surface area is 151 Å². The van der Waals surface area contributed by atoms with E-state index < -0.39 is 5.82 Å². The van der Waals surface area contributed by atoms with Gasteiger partial charge in [-0.25, -0.2) is 4.39 Å². The van der Waals surface area contributed by atoms with Crippen molar-refractivity contribution in [2.75, 3.05) is 36.0 Å². The predicted octanol–water partition coefficient (Wildman–Crippen LogP) is 3.10. The van der Waals surface area contributed by atoms with E-state index in [9.17, 15) is 19.7 Å². The molecule has 130 valence electrons. The van der Waals surface area contributed by atoms with Crippen LogP contribution in [0.1, 0.15) is 28.4 Å². The summed E-state index contributed by atoms with van der Waals surface area (Å²) in [6.45, 7) is 3.66. The third-order valence-corrected chi connectivity index (χ3v) is 4.57. The van der Waals surface area contributed by atoms with Gasteiger partial charge in [-0.3, -0.25) is 4.79 Å². The van der Waals surface area contributed by atoms with Gasteiger partial charge in [0.05, 0.1) is 22.5 Å². The van der Waals surface area contributed by atoms with Crippen molar-refractivity contribution < 1.29 is 9.18 Å². The molecule has 26 heavy (non-hydrogen) atoms. The summed E-state index contributed by atoms with van der Waals surface area (Å²) in [7, 11) is 0. The molecular formula is C20H17FN4O. The number of Topliss-reactive ketones (excluding diaryl/α,β-unsaturated/α-hetero) is 1. The Balaban J connectivity index is 1.80. The van der Waals surface area contributed by atoms with Crippen LogP contribution >= 0.6 is 0 Å². The SMILES string of the molecule is CC(=O)c1ccc(N2CCN(c3c(C#N)cccc3C#N)CC2)c(F)c1. The van der Waals surface area contributed by atoms with E-state index in [0.29, 0.717) is 54.2 Å². The molecule has 0 bridgehead atoms. The summed E-state index contributed by atoms with van der Waals surface area (Å²) < 4.78 is 14.4. The zero-order chi connectivity index (χ0) is 18.7. The first kappa shape index (κ1) is 17.4. The first-order valence-corrected chi connectivity index (χ1v) is 8.28. The van der Waals surface area contributed by atoms with Crippen molar-refractivity contribution in [1.82, 2.24) is 0 Å². The molecule has 3 rings (SSSR count). The lowest BCUT2D eigenvalue weighted by Gasteiger charge is -2.38. The van der Waals surface area contributed by atoms with Crippen LogP contribution in [0.5, 0.6) is 0 Å². The van der Waals surface area contributed by atoms with Gasteiger partial charge < -0.3 is 9.80 Å². The topological polar surface area (TPSA) is 71.1 Å². The molecule has 5 nitrogen and oxygen atoms in total. The normalized spacial score (nSPS) is 13.8. The van der Waals surface area contributed by atoms with Crippen LogP contribution in [0.25, 0.3) is 0 Å². The van der Waals surface area contributed by atoms with Gasteiger partial charge in [0.2, 0.25) is 0 Å². The third kappa shape index (κ3) is 3.22. The van der Waals surface area contributed by atoms with Gasteiger partial charge in [-0.05, 0) is 37.3 Å². The molecule has 1 heterocycles. The van der Waals surface area contributed by atoms with Crippen LogP contribution in [0.3, 0.4) is 0 Å². The molecule has 0 unspecified atom stereocenters. The number of hydrogen-bond donors (Lipinski definition) is 0. The van der Waals surface area contributed by atoms with Gasteiger partial charge in [0.25, 0.3) is 0 Å². The fourth-order valence-corrected chi connectivity index (χ4v) is 3.22. The number of anilines is 2. The van der Waals surface area contributed by atoms with Crippen molar-refractivity contribution >= 4 is 17.2 Å². The number of piperazine rings is 1. The maximum atomic E-state index is 14.4. The Hall–Kier alpha value is -3.38. The molecule has 0 aliphatic carbocycles. The number of nitrogens with zero attached hydrogens (tertiary/aromatic N) is 4. The van der Waals surface area contributed by atoms with Gasteiger partial charge >= 0.3 is 0 Å². The molecule has 0 atom stereocenters. The van der Waals surface area contributed by atoms with E-state index in [1.165, 1.54) is 13.0 Å². The number of hydrogen-bond acceptors (Lipinski definition) is 5. The minimum Gasteiger partial charge on any atom is -0.366 e.